The molecule has 0 saturated carbocycles. The zero-order chi connectivity index (χ0) is 16.5. The van der Waals surface area contributed by atoms with Crippen molar-refractivity contribution in [1.29, 1.82) is 0 Å². The van der Waals surface area contributed by atoms with Crippen molar-refractivity contribution in [3.63, 3.8) is 0 Å². The number of ether oxygens (including phenoxy) is 1. The number of thiazole rings is 1. The predicted octanol–water partition coefficient (Wildman–Crippen LogP) is 2.58. The number of nitrogens with zero attached hydrogens (tertiary/aromatic N) is 1. The first-order chi connectivity index (χ1) is 11.2. The average Bonchev–Trinajstić information content (AvgIpc) is 2.88. The summed E-state index contributed by atoms with van der Waals surface area (Å²) in [6, 6.07) is 9.69. The standard InChI is InChI=1S/C17H22N2O3S/c1-14-13-23-17(21)19(14)11-9-16(20)18-10-5-6-12-22-15-7-3-2-4-8-15/h2-4,7-8,13H,5-6,9-12H2,1H3,(H,18,20). The third-order valence-corrected chi connectivity index (χ3v) is 4.33. The highest BCUT2D eigenvalue weighted by atomic mass is 32.1. The van der Waals surface area contributed by atoms with Gasteiger partial charge in [0.2, 0.25) is 5.91 Å². The van der Waals surface area contributed by atoms with E-state index in [1.807, 2.05) is 42.6 Å². The molecule has 0 aliphatic carbocycles. The van der Waals surface area contributed by atoms with Gasteiger partial charge >= 0.3 is 4.87 Å². The molecule has 0 saturated heterocycles. The highest BCUT2D eigenvalue weighted by molar-refractivity contribution is 7.07. The zero-order valence-corrected chi connectivity index (χ0v) is 14.1. The van der Waals surface area contributed by atoms with Gasteiger partial charge in [0.05, 0.1) is 6.61 Å². The molecule has 2 aromatic rings. The number of carbonyl (C=O) groups excluding carboxylic acids is 1. The molecule has 1 aromatic heterocycles. The van der Waals surface area contributed by atoms with Crippen LogP contribution in [0.4, 0.5) is 0 Å². The lowest BCUT2D eigenvalue weighted by Gasteiger charge is -2.08. The Balaban J connectivity index is 1.54. The number of hydrogen-bond donors (Lipinski definition) is 1. The highest BCUT2D eigenvalue weighted by Gasteiger charge is 2.06. The van der Waals surface area contributed by atoms with E-state index in [4.69, 9.17) is 4.74 Å². The van der Waals surface area contributed by atoms with Crippen molar-refractivity contribution >= 4 is 17.2 Å². The predicted molar refractivity (Wildman–Crippen MR) is 92.1 cm³/mol. The number of carbonyl (C=O) groups is 1. The summed E-state index contributed by atoms with van der Waals surface area (Å²) < 4.78 is 7.22. The van der Waals surface area contributed by atoms with Crippen LogP contribution in [0.25, 0.3) is 0 Å². The van der Waals surface area contributed by atoms with Crippen molar-refractivity contribution < 1.29 is 9.53 Å². The number of aryl methyl sites for hydroxylation is 1. The minimum absolute atomic E-state index is 0.00615. The molecule has 23 heavy (non-hydrogen) atoms. The fourth-order valence-corrected chi connectivity index (χ4v) is 2.90. The molecule has 1 aromatic carbocycles. The third kappa shape index (κ3) is 5.90. The van der Waals surface area contributed by atoms with Gasteiger partial charge in [-0.2, -0.15) is 0 Å². The molecular formula is C17H22N2O3S. The van der Waals surface area contributed by atoms with E-state index in [0.29, 0.717) is 26.1 Å². The summed E-state index contributed by atoms with van der Waals surface area (Å²) in [4.78, 5) is 23.3. The Morgan fingerprint density at radius 2 is 2.04 bits per heavy atom. The van der Waals surface area contributed by atoms with Crippen LogP contribution in [0.5, 0.6) is 5.75 Å². The Morgan fingerprint density at radius 1 is 1.26 bits per heavy atom. The lowest BCUT2D eigenvalue weighted by molar-refractivity contribution is -0.121. The minimum Gasteiger partial charge on any atom is -0.494 e. The van der Waals surface area contributed by atoms with Crippen molar-refractivity contribution in [2.45, 2.75) is 32.7 Å². The second-order valence-corrected chi connectivity index (χ2v) is 6.08. The van der Waals surface area contributed by atoms with Crippen molar-refractivity contribution in [1.82, 2.24) is 9.88 Å². The third-order valence-electron chi connectivity index (χ3n) is 3.44. The summed E-state index contributed by atoms with van der Waals surface area (Å²) in [5.41, 5.74) is 0.908. The lowest BCUT2D eigenvalue weighted by Crippen LogP contribution is -2.27. The summed E-state index contributed by atoms with van der Waals surface area (Å²) >= 11 is 1.17. The summed E-state index contributed by atoms with van der Waals surface area (Å²) in [6.07, 6.45) is 2.09. The first kappa shape index (κ1) is 17.3. The van der Waals surface area contributed by atoms with Gasteiger partial charge in [-0.05, 0) is 31.9 Å². The minimum atomic E-state index is -0.0218. The van der Waals surface area contributed by atoms with Crippen molar-refractivity contribution in [2.75, 3.05) is 13.2 Å². The number of amides is 1. The van der Waals surface area contributed by atoms with Crippen molar-refractivity contribution in [2.24, 2.45) is 0 Å². The molecule has 5 nitrogen and oxygen atoms in total. The Morgan fingerprint density at radius 3 is 2.74 bits per heavy atom. The molecule has 124 valence electrons. The normalized spacial score (nSPS) is 10.5. The molecule has 6 heteroatoms. The number of nitrogens with one attached hydrogen (secondary N) is 1. The fraction of sp³-hybridized carbons (Fsp3) is 0.412. The maximum atomic E-state index is 11.8. The van der Waals surface area contributed by atoms with Crippen molar-refractivity contribution in [3.8, 4) is 5.75 Å². The van der Waals surface area contributed by atoms with Gasteiger partial charge in [0, 0.05) is 30.6 Å². The van der Waals surface area contributed by atoms with E-state index < -0.39 is 0 Å². The number of hydrogen-bond acceptors (Lipinski definition) is 4. The van der Waals surface area contributed by atoms with E-state index in [0.717, 1.165) is 24.3 Å². The van der Waals surface area contributed by atoms with Crippen LogP contribution >= 0.6 is 11.3 Å². The van der Waals surface area contributed by atoms with Crippen LogP contribution < -0.4 is 14.9 Å². The van der Waals surface area contributed by atoms with Gasteiger partial charge in [0.25, 0.3) is 0 Å². The molecule has 0 fully saturated rings. The van der Waals surface area contributed by atoms with Crippen LogP contribution in [0.15, 0.2) is 40.5 Å². The largest absolute Gasteiger partial charge is 0.494 e. The monoisotopic (exact) mass is 334 g/mol. The molecule has 0 unspecified atom stereocenters. The second-order valence-electron chi connectivity index (χ2n) is 5.26. The van der Waals surface area contributed by atoms with Gasteiger partial charge in [-0.3, -0.25) is 9.59 Å². The van der Waals surface area contributed by atoms with Crippen LogP contribution in [0.2, 0.25) is 0 Å². The van der Waals surface area contributed by atoms with E-state index >= 15 is 0 Å². The molecular weight excluding hydrogens is 312 g/mol. The van der Waals surface area contributed by atoms with Gasteiger partial charge in [-0.1, -0.05) is 29.5 Å². The summed E-state index contributed by atoms with van der Waals surface area (Å²) in [7, 11) is 0. The first-order valence-corrected chi connectivity index (χ1v) is 8.64. The average molecular weight is 334 g/mol. The first-order valence-electron chi connectivity index (χ1n) is 7.76. The molecule has 2 rings (SSSR count). The molecule has 0 bridgehead atoms. The van der Waals surface area contributed by atoms with Gasteiger partial charge in [-0.15, -0.1) is 0 Å². The van der Waals surface area contributed by atoms with Crippen LogP contribution in [0.1, 0.15) is 25.0 Å². The quantitative estimate of drug-likeness (QED) is 0.717. The SMILES string of the molecule is Cc1csc(=O)n1CCC(=O)NCCCCOc1ccccc1. The van der Waals surface area contributed by atoms with Gasteiger partial charge in [-0.25, -0.2) is 0 Å². The summed E-state index contributed by atoms with van der Waals surface area (Å²) in [6.45, 7) is 3.59. The molecule has 1 heterocycles. The van der Waals surface area contributed by atoms with Crippen LogP contribution in [-0.4, -0.2) is 23.6 Å². The Hall–Kier alpha value is -2.08. The van der Waals surface area contributed by atoms with Gasteiger partial charge in [0.15, 0.2) is 0 Å². The molecule has 0 atom stereocenters. The molecule has 0 aliphatic heterocycles. The van der Waals surface area contributed by atoms with Gasteiger partial charge in [0.1, 0.15) is 5.75 Å². The Bertz CT molecular complexity index is 664. The van der Waals surface area contributed by atoms with E-state index in [1.54, 1.807) is 4.57 Å². The van der Waals surface area contributed by atoms with E-state index in [-0.39, 0.29) is 10.8 Å². The zero-order valence-electron chi connectivity index (χ0n) is 13.3. The number of unbranched alkanes of at least 4 members (excludes halogenated alkanes) is 1. The number of rotatable bonds is 9. The van der Waals surface area contributed by atoms with E-state index in [9.17, 15) is 9.59 Å². The van der Waals surface area contributed by atoms with Gasteiger partial charge < -0.3 is 14.6 Å². The highest BCUT2D eigenvalue weighted by Crippen LogP contribution is 2.08. The fourth-order valence-electron chi connectivity index (χ4n) is 2.14. The Labute approximate surface area is 139 Å². The van der Waals surface area contributed by atoms with E-state index in [2.05, 4.69) is 5.32 Å². The van der Waals surface area contributed by atoms with Crippen LogP contribution in [0, 0.1) is 6.92 Å². The second kappa shape index (κ2) is 9.15. The molecule has 0 aliphatic rings. The Kier molecular flexibility index (Phi) is 6.87. The van der Waals surface area contributed by atoms with Crippen molar-refractivity contribution in [3.05, 3.63) is 51.1 Å². The van der Waals surface area contributed by atoms with Crippen LogP contribution in [-0.2, 0) is 11.3 Å². The lowest BCUT2D eigenvalue weighted by atomic mass is 10.3. The molecule has 0 radical (unpaired) electrons. The van der Waals surface area contributed by atoms with E-state index in [1.165, 1.54) is 11.3 Å². The maximum absolute atomic E-state index is 11.8. The topological polar surface area (TPSA) is 60.3 Å². The maximum Gasteiger partial charge on any atom is 0.307 e. The van der Waals surface area contributed by atoms with Crippen LogP contribution in [0.3, 0.4) is 0 Å². The molecule has 0 spiro atoms. The molecule has 1 amide bonds. The number of benzene rings is 1. The molecule has 1 N–H and O–H groups in total. The number of para-hydroxylation sites is 1. The summed E-state index contributed by atoms with van der Waals surface area (Å²) in [5, 5.41) is 4.69. The smallest absolute Gasteiger partial charge is 0.307 e. The number of aromatic nitrogens is 1. The summed E-state index contributed by atoms with van der Waals surface area (Å²) in [5.74, 6) is 0.847.